The van der Waals surface area contributed by atoms with E-state index in [0.29, 0.717) is 26.3 Å². The zero-order valence-corrected chi connectivity index (χ0v) is 14.0. The van der Waals surface area contributed by atoms with Crippen LogP contribution in [0.25, 0.3) is 0 Å². The molecule has 1 aromatic rings. The van der Waals surface area contributed by atoms with Crippen molar-refractivity contribution < 1.29 is 13.2 Å². The Hall–Kier alpha value is -1.18. The minimum atomic E-state index is -3.14. The first-order valence-electron chi connectivity index (χ1n) is 8.32. The Morgan fingerprint density at radius 1 is 1.22 bits per heavy atom. The van der Waals surface area contributed by atoms with Crippen molar-refractivity contribution >= 4 is 15.8 Å². The first-order valence-corrected chi connectivity index (χ1v) is 9.82. The number of hydrogen-bond acceptors (Lipinski definition) is 5. The highest BCUT2D eigenvalue weighted by atomic mass is 32.2. The largest absolute Gasteiger partial charge is 0.379 e. The van der Waals surface area contributed by atoms with Crippen LogP contribution >= 0.6 is 0 Å². The molecule has 2 saturated heterocycles. The van der Waals surface area contributed by atoms with Gasteiger partial charge in [-0.1, -0.05) is 6.07 Å². The van der Waals surface area contributed by atoms with E-state index in [1.165, 1.54) is 0 Å². The molecule has 1 spiro atoms. The van der Waals surface area contributed by atoms with E-state index in [9.17, 15) is 8.42 Å². The quantitative estimate of drug-likeness (QED) is 0.827. The lowest BCUT2D eigenvalue weighted by molar-refractivity contribution is 0.0807. The van der Waals surface area contributed by atoms with Gasteiger partial charge in [0.25, 0.3) is 0 Å². The van der Waals surface area contributed by atoms with Gasteiger partial charge in [-0.3, -0.25) is 0 Å². The second-order valence-electron chi connectivity index (χ2n) is 6.99. The van der Waals surface area contributed by atoms with Gasteiger partial charge in [0.2, 0.25) is 10.0 Å². The van der Waals surface area contributed by atoms with Gasteiger partial charge in [0, 0.05) is 37.8 Å². The van der Waals surface area contributed by atoms with Gasteiger partial charge in [-0.15, -0.1) is 0 Å². The topological polar surface area (TPSA) is 62.7 Å². The second kappa shape index (κ2) is 5.72. The van der Waals surface area contributed by atoms with Crippen molar-refractivity contribution in [2.75, 3.05) is 44.3 Å². The first-order chi connectivity index (χ1) is 11.1. The molecule has 0 bridgehead atoms. The first kappa shape index (κ1) is 15.4. The van der Waals surface area contributed by atoms with Crippen LogP contribution < -0.4 is 4.90 Å². The summed E-state index contributed by atoms with van der Waals surface area (Å²) in [5, 5.41) is -0.147. The van der Waals surface area contributed by atoms with Crippen LogP contribution in [0.5, 0.6) is 0 Å². The molecule has 3 fully saturated rings. The van der Waals surface area contributed by atoms with Crippen LogP contribution in [0, 0.1) is 5.41 Å². The Balaban J connectivity index is 1.53. The lowest BCUT2D eigenvalue weighted by atomic mass is 9.88. The molecule has 4 rings (SSSR count). The van der Waals surface area contributed by atoms with Gasteiger partial charge in [-0.25, -0.2) is 13.4 Å². The lowest BCUT2D eigenvalue weighted by Gasteiger charge is -2.31. The summed E-state index contributed by atoms with van der Waals surface area (Å²) in [5.41, 5.74) is -0.115. The average molecular weight is 337 g/mol. The van der Waals surface area contributed by atoms with Crippen molar-refractivity contribution in [2.45, 2.75) is 24.5 Å². The Labute approximate surface area is 137 Å². The molecule has 0 radical (unpaired) electrons. The molecule has 2 aliphatic heterocycles. The average Bonchev–Trinajstić information content (AvgIpc) is 3.35. The molecule has 0 amide bonds. The van der Waals surface area contributed by atoms with E-state index in [-0.39, 0.29) is 10.7 Å². The number of sulfonamides is 1. The Kier molecular flexibility index (Phi) is 3.82. The molecule has 1 aromatic heterocycles. The summed E-state index contributed by atoms with van der Waals surface area (Å²) in [6.45, 7) is 3.90. The van der Waals surface area contributed by atoms with Gasteiger partial charge in [-0.05, 0) is 31.4 Å². The molecule has 126 valence electrons. The maximum absolute atomic E-state index is 12.6. The SMILES string of the molecule is O=S(=O)(C1CC1)N1CCOC[C@]2(CCN(c3ccccn3)C2)C1. The van der Waals surface area contributed by atoms with Crippen LogP contribution in [0.4, 0.5) is 5.82 Å². The highest BCUT2D eigenvalue weighted by molar-refractivity contribution is 7.90. The third-order valence-corrected chi connectivity index (χ3v) is 7.47. The monoisotopic (exact) mass is 337 g/mol. The minimum Gasteiger partial charge on any atom is -0.379 e. The molecule has 1 aliphatic carbocycles. The molecule has 23 heavy (non-hydrogen) atoms. The number of pyridine rings is 1. The van der Waals surface area contributed by atoms with Gasteiger partial charge in [0.1, 0.15) is 5.82 Å². The highest BCUT2D eigenvalue weighted by Gasteiger charge is 2.47. The maximum atomic E-state index is 12.6. The highest BCUT2D eigenvalue weighted by Crippen LogP contribution is 2.38. The fourth-order valence-electron chi connectivity index (χ4n) is 3.67. The van der Waals surface area contributed by atoms with E-state index in [4.69, 9.17) is 4.74 Å². The standard InChI is InChI=1S/C16H23N3O3S/c20-23(21,14-4-5-14)19-9-10-22-13-16(12-19)6-8-18(11-16)15-3-1-2-7-17-15/h1-3,7,14H,4-6,8-13H2/t16-/m0/s1. The van der Waals surface area contributed by atoms with Crippen LogP contribution in [0.2, 0.25) is 0 Å². The van der Waals surface area contributed by atoms with Crippen molar-refractivity contribution in [1.29, 1.82) is 0 Å². The van der Waals surface area contributed by atoms with Crippen LogP contribution in [0.3, 0.4) is 0 Å². The van der Waals surface area contributed by atoms with E-state index in [1.807, 2.05) is 18.2 Å². The zero-order chi connectivity index (χ0) is 15.9. The predicted octanol–water partition coefficient (Wildman–Crippen LogP) is 1.10. The number of ether oxygens (including phenoxy) is 1. The van der Waals surface area contributed by atoms with Gasteiger partial charge in [0.15, 0.2) is 0 Å². The third kappa shape index (κ3) is 2.97. The van der Waals surface area contributed by atoms with Crippen molar-refractivity contribution in [3.63, 3.8) is 0 Å². The number of nitrogens with zero attached hydrogens (tertiary/aromatic N) is 3. The smallest absolute Gasteiger partial charge is 0.217 e. The second-order valence-corrected chi connectivity index (χ2v) is 9.20. The van der Waals surface area contributed by atoms with E-state index in [2.05, 4.69) is 9.88 Å². The van der Waals surface area contributed by atoms with Crippen LogP contribution in [0.1, 0.15) is 19.3 Å². The molecule has 3 aliphatic rings. The molecule has 0 aromatic carbocycles. The third-order valence-electron chi connectivity index (χ3n) is 5.12. The zero-order valence-electron chi connectivity index (χ0n) is 13.2. The van der Waals surface area contributed by atoms with Gasteiger partial charge < -0.3 is 9.64 Å². The fourth-order valence-corrected chi connectivity index (χ4v) is 5.60. The van der Waals surface area contributed by atoms with Crippen LogP contribution in [-0.2, 0) is 14.8 Å². The van der Waals surface area contributed by atoms with E-state index < -0.39 is 10.0 Å². The normalized spacial score (nSPS) is 29.8. The molecule has 7 heteroatoms. The van der Waals surface area contributed by atoms with Gasteiger partial charge in [-0.2, -0.15) is 4.31 Å². The molecule has 6 nitrogen and oxygen atoms in total. The van der Waals surface area contributed by atoms with Crippen molar-refractivity contribution in [2.24, 2.45) is 5.41 Å². The molecule has 3 heterocycles. The van der Waals surface area contributed by atoms with Crippen LogP contribution in [0.15, 0.2) is 24.4 Å². The predicted molar refractivity (Wildman–Crippen MR) is 87.8 cm³/mol. The van der Waals surface area contributed by atoms with E-state index in [0.717, 1.165) is 38.2 Å². The molecular weight excluding hydrogens is 314 g/mol. The number of hydrogen-bond donors (Lipinski definition) is 0. The summed E-state index contributed by atoms with van der Waals surface area (Å²) in [5.74, 6) is 0.963. The molecule has 1 atom stereocenters. The summed E-state index contributed by atoms with van der Waals surface area (Å²) in [6, 6.07) is 5.91. The number of aromatic nitrogens is 1. The minimum absolute atomic E-state index is 0.115. The molecule has 0 unspecified atom stereocenters. The van der Waals surface area contributed by atoms with Crippen molar-refractivity contribution in [3.8, 4) is 0 Å². The fraction of sp³-hybridized carbons (Fsp3) is 0.688. The lowest BCUT2D eigenvalue weighted by Crippen LogP contribution is -2.44. The number of anilines is 1. The van der Waals surface area contributed by atoms with E-state index in [1.54, 1.807) is 10.5 Å². The van der Waals surface area contributed by atoms with Crippen molar-refractivity contribution in [3.05, 3.63) is 24.4 Å². The summed E-state index contributed by atoms with van der Waals surface area (Å²) in [4.78, 5) is 6.67. The Morgan fingerprint density at radius 3 is 2.83 bits per heavy atom. The van der Waals surface area contributed by atoms with Crippen LogP contribution in [-0.4, -0.2) is 62.3 Å². The molecule has 0 N–H and O–H groups in total. The van der Waals surface area contributed by atoms with Crippen molar-refractivity contribution in [1.82, 2.24) is 9.29 Å². The Bertz CT molecular complexity index is 662. The number of rotatable bonds is 3. The summed E-state index contributed by atoms with van der Waals surface area (Å²) in [6.07, 6.45) is 4.37. The van der Waals surface area contributed by atoms with E-state index >= 15 is 0 Å². The Morgan fingerprint density at radius 2 is 2.09 bits per heavy atom. The summed E-state index contributed by atoms with van der Waals surface area (Å²) in [7, 11) is -3.14. The maximum Gasteiger partial charge on any atom is 0.217 e. The summed E-state index contributed by atoms with van der Waals surface area (Å²) >= 11 is 0. The summed E-state index contributed by atoms with van der Waals surface area (Å²) < 4.78 is 32.8. The van der Waals surface area contributed by atoms with Gasteiger partial charge >= 0.3 is 0 Å². The molecule has 1 saturated carbocycles. The van der Waals surface area contributed by atoms with Gasteiger partial charge in [0.05, 0.1) is 18.5 Å². The molecular formula is C16H23N3O3S.